The van der Waals surface area contributed by atoms with Crippen LogP contribution in [0.25, 0.3) is 0 Å². The van der Waals surface area contributed by atoms with E-state index in [9.17, 15) is 4.79 Å². The van der Waals surface area contributed by atoms with Gasteiger partial charge < -0.3 is 14.4 Å². The Morgan fingerprint density at radius 2 is 1.31 bits per heavy atom. The van der Waals surface area contributed by atoms with Gasteiger partial charge in [-0.25, -0.2) is 0 Å². The van der Waals surface area contributed by atoms with Crippen LogP contribution < -0.4 is 9.47 Å². The van der Waals surface area contributed by atoms with Crippen molar-refractivity contribution in [3.05, 3.63) is 59.7 Å². The summed E-state index contributed by atoms with van der Waals surface area (Å²) < 4.78 is 11.5. The van der Waals surface area contributed by atoms with Gasteiger partial charge in [0.15, 0.2) is 0 Å². The number of ether oxygens (including phenoxy) is 2. The van der Waals surface area contributed by atoms with Gasteiger partial charge in [-0.3, -0.25) is 4.79 Å². The fraction of sp³-hybridized carbons (Fsp3) is 0.536. The fourth-order valence-electron chi connectivity index (χ4n) is 3.93. The number of benzene rings is 2. The zero-order valence-electron chi connectivity index (χ0n) is 20.9. The number of hydrogen-bond acceptors (Lipinski definition) is 3. The normalized spacial score (nSPS) is 12.3. The van der Waals surface area contributed by atoms with Crippen molar-refractivity contribution in [1.82, 2.24) is 4.90 Å². The summed E-state index contributed by atoms with van der Waals surface area (Å²) in [6.07, 6.45) is 1.77. The van der Waals surface area contributed by atoms with Crippen molar-refractivity contribution < 1.29 is 14.3 Å². The van der Waals surface area contributed by atoms with E-state index in [2.05, 4.69) is 50.2 Å². The molecule has 1 atom stereocenters. The molecule has 0 spiro atoms. The second-order valence-electron chi connectivity index (χ2n) is 9.35. The first-order valence-electron chi connectivity index (χ1n) is 12.0. The summed E-state index contributed by atoms with van der Waals surface area (Å²) in [5.74, 6) is 2.83. The third-order valence-electron chi connectivity index (χ3n) is 5.52. The zero-order chi connectivity index (χ0) is 23.7. The monoisotopic (exact) mass is 439 g/mol. The Labute approximate surface area is 194 Å². The summed E-state index contributed by atoms with van der Waals surface area (Å²) in [4.78, 5) is 14.7. The van der Waals surface area contributed by atoms with Crippen molar-refractivity contribution in [2.75, 3.05) is 6.54 Å². The van der Waals surface area contributed by atoms with E-state index >= 15 is 0 Å². The van der Waals surface area contributed by atoms with Crippen LogP contribution in [0.5, 0.6) is 11.5 Å². The molecular formula is C28H41NO3. The SMILES string of the molecule is CCC(=O)N(CC[C@H](c1ccc(OC(C)C)cc1)C(C)C)Cc1ccc(OC(C)C)cc1. The van der Waals surface area contributed by atoms with Gasteiger partial charge in [-0.1, -0.05) is 45.0 Å². The molecule has 0 aliphatic rings. The molecule has 2 aromatic rings. The Balaban J connectivity index is 2.07. The first-order valence-corrected chi connectivity index (χ1v) is 12.0. The van der Waals surface area contributed by atoms with Crippen LogP contribution in [0.2, 0.25) is 0 Å². The lowest BCUT2D eigenvalue weighted by atomic mass is 9.85. The summed E-state index contributed by atoms with van der Waals surface area (Å²) in [5, 5.41) is 0. The van der Waals surface area contributed by atoms with Gasteiger partial charge in [0, 0.05) is 19.5 Å². The molecule has 0 fully saturated rings. The van der Waals surface area contributed by atoms with Gasteiger partial charge in [0.1, 0.15) is 11.5 Å². The molecular weight excluding hydrogens is 398 g/mol. The van der Waals surface area contributed by atoms with Crippen LogP contribution in [-0.2, 0) is 11.3 Å². The number of carbonyl (C=O) groups excluding carboxylic acids is 1. The molecule has 176 valence electrons. The van der Waals surface area contributed by atoms with Crippen molar-refractivity contribution in [2.45, 2.75) is 86.0 Å². The predicted octanol–water partition coefficient (Wildman–Crippen LogP) is 6.83. The molecule has 0 saturated carbocycles. The van der Waals surface area contributed by atoms with Crippen molar-refractivity contribution >= 4 is 5.91 Å². The van der Waals surface area contributed by atoms with Gasteiger partial charge in [0.2, 0.25) is 5.91 Å². The Hall–Kier alpha value is -2.49. The molecule has 1 amide bonds. The van der Waals surface area contributed by atoms with E-state index in [4.69, 9.17) is 9.47 Å². The minimum atomic E-state index is 0.151. The molecule has 4 heteroatoms. The Bertz CT molecular complexity index is 810. The van der Waals surface area contributed by atoms with Crippen LogP contribution in [0, 0.1) is 5.92 Å². The van der Waals surface area contributed by atoms with Crippen LogP contribution in [0.15, 0.2) is 48.5 Å². The number of amides is 1. The largest absolute Gasteiger partial charge is 0.491 e. The first-order chi connectivity index (χ1) is 15.2. The third-order valence-corrected chi connectivity index (χ3v) is 5.52. The molecule has 0 unspecified atom stereocenters. The molecule has 2 rings (SSSR count). The van der Waals surface area contributed by atoms with Crippen molar-refractivity contribution in [2.24, 2.45) is 5.92 Å². The summed E-state index contributed by atoms with van der Waals surface area (Å²) in [5.41, 5.74) is 2.43. The Morgan fingerprint density at radius 1 is 0.812 bits per heavy atom. The minimum absolute atomic E-state index is 0.151. The summed E-state index contributed by atoms with van der Waals surface area (Å²) in [7, 11) is 0. The Morgan fingerprint density at radius 3 is 1.75 bits per heavy atom. The lowest BCUT2D eigenvalue weighted by molar-refractivity contribution is -0.131. The second-order valence-corrected chi connectivity index (χ2v) is 9.35. The minimum Gasteiger partial charge on any atom is -0.491 e. The maximum atomic E-state index is 12.7. The van der Waals surface area contributed by atoms with Gasteiger partial charge in [-0.15, -0.1) is 0 Å². The van der Waals surface area contributed by atoms with E-state index in [1.54, 1.807) is 0 Å². The third kappa shape index (κ3) is 8.22. The number of nitrogens with zero attached hydrogens (tertiary/aromatic N) is 1. The highest BCUT2D eigenvalue weighted by atomic mass is 16.5. The van der Waals surface area contributed by atoms with Crippen molar-refractivity contribution in [1.29, 1.82) is 0 Å². The standard InChI is InChI=1S/C28H41NO3/c1-8-28(30)29(19-23-9-13-25(14-10-23)31-21(4)5)18-17-27(20(2)3)24-11-15-26(16-12-24)32-22(6)7/h9-16,20-22,27H,8,17-19H2,1-7H3/t27-/m0/s1. The summed E-state index contributed by atoms with van der Waals surface area (Å²) >= 11 is 0. The molecule has 0 aliphatic carbocycles. The fourth-order valence-corrected chi connectivity index (χ4v) is 3.93. The molecule has 0 N–H and O–H groups in total. The van der Waals surface area contributed by atoms with Gasteiger partial charge in [-0.2, -0.15) is 0 Å². The molecule has 0 aromatic heterocycles. The molecule has 0 aliphatic heterocycles. The van der Waals surface area contributed by atoms with Crippen LogP contribution in [-0.4, -0.2) is 29.6 Å². The number of hydrogen-bond donors (Lipinski definition) is 0. The molecule has 0 radical (unpaired) electrons. The van der Waals surface area contributed by atoms with Crippen molar-refractivity contribution in [3.8, 4) is 11.5 Å². The highest BCUT2D eigenvalue weighted by Gasteiger charge is 2.20. The van der Waals surface area contributed by atoms with E-state index < -0.39 is 0 Å². The average molecular weight is 440 g/mol. The maximum Gasteiger partial charge on any atom is 0.222 e. The number of rotatable bonds is 12. The molecule has 32 heavy (non-hydrogen) atoms. The van der Waals surface area contributed by atoms with Gasteiger partial charge in [0.25, 0.3) is 0 Å². The topological polar surface area (TPSA) is 38.8 Å². The van der Waals surface area contributed by atoms with Crippen molar-refractivity contribution in [3.63, 3.8) is 0 Å². The highest BCUT2D eigenvalue weighted by Crippen LogP contribution is 2.30. The van der Waals surface area contributed by atoms with Gasteiger partial charge in [0.05, 0.1) is 12.2 Å². The van der Waals surface area contributed by atoms with Gasteiger partial charge >= 0.3 is 0 Å². The second kappa shape index (κ2) is 12.5. The van der Waals surface area contributed by atoms with Crippen LogP contribution in [0.3, 0.4) is 0 Å². The van der Waals surface area contributed by atoms with Crippen LogP contribution >= 0.6 is 0 Å². The summed E-state index contributed by atoms with van der Waals surface area (Å²) in [6, 6.07) is 16.5. The van der Waals surface area contributed by atoms with Crippen LogP contribution in [0.4, 0.5) is 0 Å². The highest BCUT2D eigenvalue weighted by molar-refractivity contribution is 5.75. The van der Waals surface area contributed by atoms with E-state index in [1.165, 1.54) is 5.56 Å². The molecule has 4 nitrogen and oxygen atoms in total. The van der Waals surface area contributed by atoms with E-state index in [0.29, 0.717) is 24.8 Å². The number of carbonyl (C=O) groups is 1. The lowest BCUT2D eigenvalue weighted by Crippen LogP contribution is -2.32. The lowest BCUT2D eigenvalue weighted by Gasteiger charge is -2.28. The quantitative estimate of drug-likeness (QED) is 0.364. The smallest absolute Gasteiger partial charge is 0.222 e. The maximum absolute atomic E-state index is 12.7. The molecule has 2 aromatic carbocycles. The Kier molecular flexibility index (Phi) is 10.1. The van der Waals surface area contributed by atoms with E-state index in [0.717, 1.165) is 30.0 Å². The van der Waals surface area contributed by atoms with Crippen LogP contribution in [0.1, 0.15) is 78.4 Å². The van der Waals surface area contributed by atoms with E-state index in [1.807, 2.05) is 51.7 Å². The average Bonchev–Trinajstić information content (AvgIpc) is 2.73. The predicted molar refractivity (Wildman–Crippen MR) is 132 cm³/mol. The molecule has 0 heterocycles. The zero-order valence-corrected chi connectivity index (χ0v) is 20.9. The summed E-state index contributed by atoms with van der Waals surface area (Å²) in [6.45, 7) is 15.9. The molecule has 0 saturated heterocycles. The first kappa shape index (κ1) is 25.8. The van der Waals surface area contributed by atoms with Gasteiger partial charge in [-0.05, 0) is 81.3 Å². The van der Waals surface area contributed by atoms with E-state index in [-0.39, 0.29) is 18.1 Å². The molecule has 0 bridgehead atoms.